The number of ether oxygens (including phenoxy) is 1. The number of carboxylic acid groups (broad SMARTS) is 1. The van der Waals surface area contributed by atoms with Gasteiger partial charge in [0.1, 0.15) is 5.75 Å². The second kappa shape index (κ2) is 3.76. The zero-order chi connectivity index (χ0) is 12.7. The summed E-state index contributed by atoms with van der Waals surface area (Å²) in [6.07, 6.45) is 1.32. The number of methoxy groups -OCH3 is 1. The van der Waals surface area contributed by atoms with E-state index in [1.54, 1.807) is 7.11 Å². The van der Waals surface area contributed by atoms with Crippen LogP contribution in [0.3, 0.4) is 0 Å². The lowest BCUT2D eigenvalue weighted by Gasteiger charge is -2.50. The molecular weight excluding hydrogens is 216 g/mol. The van der Waals surface area contributed by atoms with Gasteiger partial charge in [0, 0.05) is 5.56 Å². The molecule has 0 heterocycles. The van der Waals surface area contributed by atoms with Gasteiger partial charge in [0.05, 0.1) is 12.5 Å². The monoisotopic (exact) mass is 234 g/mol. The average Bonchev–Trinajstić information content (AvgIpc) is 2.25. The predicted molar refractivity (Wildman–Crippen MR) is 65.3 cm³/mol. The fourth-order valence-electron chi connectivity index (χ4n) is 3.08. The summed E-state index contributed by atoms with van der Waals surface area (Å²) < 4.78 is 5.28. The van der Waals surface area contributed by atoms with Crippen molar-refractivity contribution in [1.82, 2.24) is 0 Å². The predicted octanol–water partition coefficient (Wildman–Crippen LogP) is 2.84. The highest BCUT2D eigenvalue weighted by Gasteiger charge is 2.56. The summed E-state index contributed by atoms with van der Waals surface area (Å²) in [5, 5.41) is 9.53. The van der Waals surface area contributed by atoms with E-state index in [4.69, 9.17) is 4.74 Å². The lowest BCUT2D eigenvalue weighted by Crippen LogP contribution is -2.52. The van der Waals surface area contributed by atoms with Crippen molar-refractivity contribution in [3.8, 4) is 5.75 Å². The molecule has 1 N–H and O–H groups in total. The molecule has 1 aromatic carbocycles. The van der Waals surface area contributed by atoms with Gasteiger partial charge >= 0.3 is 5.97 Å². The van der Waals surface area contributed by atoms with Crippen LogP contribution in [0.4, 0.5) is 0 Å². The molecule has 0 radical (unpaired) electrons. The summed E-state index contributed by atoms with van der Waals surface area (Å²) in [5.41, 5.74) is 0.129. The Morgan fingerprint density at radius 2 is 1.88 bits per heavy atom. The molecule has 0 unspecified atom stereocenters. The Morgan fingerprint density at radius 1 is 1.29 bits per heavy atom. The first-order valence-electron chi connectivity index (χ1n) is 5.78. The summed E-state index contributed by atoms with van der Waals surface area (Å²) in [6.45, 7) is 4.20. The minimum Gasteiger partial charge on any atom is -0.496 e. The molecule has 0 amide bonds. The van der Waals surface area contributed by atoms with E-state index in [9.17, 15) is 9.90 Å². The lowest BCUT2D eigenvalue weighted by atomic mass is 9.52. The van der Waals surface area contributed by atoms with Crippen LogP contribution in [-0.2, 0) is 10.2 Å². The van der Waals surface area contributed by atoms with Gasteiger partial charge in [0.25, 0.3) is 0 Å². The van der Waals surface area contributed by atoms with E-state index >= 15 is 0 Å². The number of aliphatic carboxylic acids is 1. The van der Waals surface area contributed by atoms with Gasteiger partial charge in [0.2, 0.25) is 0 Å². The molecule has 1 aromatic rings. The van der Waals surface area contributed by atoms with Crippen LogP contribution < -0.4 is 4.74 Å². The number of carboxylic acids is 1. The van der Waals surface area contributed by atoms with Crippen molar-refractivity contribution in [2.75, 3.05) is 7.11 Å². The van der Waals surface area contributed by atoms with Crippen LogP contribution in [0.15, 0.2) is 24.3 Å². The Hall–Kier alpha value is -1.51. The Bertz CT molecular complexity index is 441. The molecule has 2 rings (SSSR count). The van der Waals surface area contributed by atoms with E-state index in [1.807, 2.05) is 24.3 Å². The molecule has 0 atom stereocenters. The largest absolute Gasteiger partial charge is 0.496 e. The highest BCUT2D eigenvalue weighted by molar-refractivity contribution is 5.84. The number of benzene rings is 1. The molecule has 3 nitrogen and oxygen atoms in total. The molecule has 0 spiro atoms. The minimum absolute atomic E-state index is 0.0965. The molecule has 0 aromatic heterocycles. The average molecular weight is 234 g/mol. The van der Waals surface area contributed by atoms with Gasteiger partial charge in [-0.25, -0.2) is 0 Å². The smallest absolute Gasteiger partial charge is 0.314 e. The highest BCUT2D eigenvalue weighted by Crippen LogP contribution is 2.57. The van der Waals surface area contributed by atoms with Crippen molar-refractivity contribution in [3.05, 3.63) is 29.8 Å². The van der Waals surface area contributed by atoms with Crippen molar-refractivity contribution < 1.29 is 14.6 Å². The molecule has 1 saturated carbocycles. The fraction of sp³-hybridized carbons (Fsp3) is 0.500. The van der Waals surface area contributed by atoms with Crippen LogP contribution in [-0.4, -0.2) is 18.2 Å². The van der Waals surface area contributed by atoms with E-state index < -0.39 is 11.4 Å². The van der Waals surface area contributed by atoms with E-state index in [-0.39, 0.29) is 5.41 Å². The summed E-state index contributed by atoms with van der Waals surface area (Å²) in [5.74, 6) is -0.0771. The van der Waals surface area contributed by atoms with Crippen LogP contribution in [0.5, 0.6) is 5.75 Å². The molecule has 1 aliphatic carbocycles. The summed E-state index contributed by atoms with van der Waals surface area (Å²) >= 11 is 0. The Labute approximate surface area is 101 Å². The van der Waals surface area contributed by atoms with Gasteiger partial charge in [-0.3, -0.25) is 4.79 Å². The number of hydrogen-bond donors (Lipinski definition) is 1. The molecule has 3 heteroatoms. The fourth-order valence-corrected chi connectivity index (χ4v) is 3.08. The van der Waals surface area contributed by atoms with Crippen LogP contribution in [0, 0.1) is 5.41 Å². The molecule has 92 valence electrons. The third-order valence-electron chi connectivity index (χ3n) is 3.59. The first kappa shape index (κ1) is 12.0. The first-order chi connectivity index (χ1) is 7.91. The number of carbonyl (C=O) groups is 1. The number of para-hydroxylation sites is 1. The molecule has 0 aliphatic heterocycles. The Balaban J connectivity index is 2.46. The van der Waals surface area contributed by atoms with Crippen molar-refractivity contribution in [2.45, 2.75) is 32.1 Å². The van der Waals surface area contributed by atoms with E-state index in [0.29, 0.717) is 18.6 Å². The van der Waals surface area contributed by atoms with Gasteiger partial charge in [0.15, 0.2) is 0 Å². The molecular formula is C14H18O3. The van der Waals surface area contributed by atoms with Gasteiger partial charge in [-0.1, -0.05) is 32.0 Å². The second-order valence-corrected chi connectivity index (χ2v) is 5.61. The van der Waals surface area contributed by atoms with Crippen molar-refractivity contribution in [1.29, 1.82) is 0 Å². The number of rotatable bonds is 3. The molecule has 17 heavy (non-hydrogen) atoms. The Kier molecular flexibility index (Phi) is 2.64. The Morgan fingerprint density at radius 3 is 2.35 bits per heavy atom. The first-order valence-corrected chi connectivity index (χ1v) is 5.78. The summed E-state index contributed by atoms with van der Waals surface area (Å²) in [4.78, 5) is 11.6. The van der Waals surface area contributed by atoms with Crippen LogP contribution >= 0.6 is 0 Å². The van der Waals surface area contributed by atoms with E-state index in [1.165, 1.54) is 0 Å². The van der Waals surface area contributed by atoms with E-state index in [0.717, 1.165) is 5.56 Å². The van der Waals surface area contributed by atoms with Gasteiger partial charge in [-0.15, -0.1) is 0 Å². The molecule has 1 aliphatic rings. The topological polar surface area (TPSA) is 46.5 Å². The maximum absolute atomic E-state index is 11.6. The highest BCUT2D eigenvalue weighted by atomic mass is 16.5. The third kappa shape index (κ3) is 1.79. The summed E-state index contributed by atoms with van der Waals surface area (Å²) in [7, 11) is 1.58. The zero-order valence-electron chi connectivity index (χ0n) is 10.5. The third-order valence-corrected chi connectivity index (χ3v) is 3.59. The van der Waals surface area contributed by atoms with Gasteiger partial charge in [-0.05, 0) is 24.3 Å². The van der Waals surface area contributed by atoms with Crippen molar-refractivity contribution in [3.63, 3.8) is 0 Å². The minimum atomic E-state index is -0.768. The standard InChI is InChI=1S/C14H18O3/c1-13(2)8-14(9-13,12(15)16)10-6-4-5-7-11(10)17-3/h4-7H,8-9H2,1-3H3,(H,15,16). The second-order valence-electron chi connectivity index (χ2n) is 5.61. The van der Waals surface area contributed by atoms with Crippen molar-refractivity contribution in [2.24, 2.45) is 5.41 Å². The molecule has 0 bridgehead atoms. The van der Waals surface area contributed by atoms with Crippen LogP contribution in [0.2, 0.25) is 0 Å². The van der Waals surface area contributed by atoms with Gasteiger partial charge in [-0.2, -0.15) is 0 Å². The van der Waals surface area contributed by atoms with E-state index in [2.05, 4.69) is 13.8 Å². The van der Waals surface area contributed by atoms with Crippen LogP contribution in [0.1, 0.15) is 32.3 Å². The number of hydrogen-bond acceptors (Lipinski definition) is 2. The van der Waals surface area contributed by atoms with Crippen LogP contribution in [0.25, 0.3) is 0 Å². The quantitative estimate of drug-likeness (QED) is 0.874. The summed E-state index contributed by atoms with van der Waals surface area (Å²) in [6, 6.07) is 7.42. The van der Waals surface area contributed by atoms with Crippen molar-refractivity contribution >= 4 is 5.97 Å². The molecule has 1 fully saturated rings. The van der Waals surface area contributed by atoms with Gasteiger partial charge < -0.3 is 9.84 Å². The zero-order valence-corrected chi connectivity index (χ0v) is 10.5. The SMILES string of the molecule is COc1ccccc1C1(C(=O)O)CC(C)(C)C1. The maximum Gasteiger partial charge on any atom is 0.314 e. The maximum atomic E-state index is 11.6. The normalized spacial score (nSPS) is 20.4. The lowest BCUT2D eigenvalue weighted by molar-refractivity contribution is -0.153. The molecule has 0 saturated heterocycles.